The number of piperazine rings is 1. The third-order valence-corrected chi connectivity index (χ3v) is 6.22. The molecule has 0 aliphatic carbocycles. The van der Waals surface area contributed by atoms with Gasteiger partial charge < -0.3 is 29.3 Å². The van der Waals surface area contributed by atoms with Crippen LogP contribution >= 0.6 is 0 Å². The molecule has 2 aromatic heterocycles. The summed E-state index contributed by atoms with van der Waals surface area (Å²) in [6.45, 7) is 6.69. The Balaban J connectivity index is 1.22. The average molecular weight is 534 g/mol. The molecule has 39 heavy (non-hydrogen) atoms. The maximum atomic E-state index is 12.9. The van der Waals surface area contributed by atoms with E-state index in [0.717, 1.165) is 28.2 Å². The highest BCUT2D eigenvalue weighted by atomic mass is 16.5. The van der Waals surface area contributed by atoms with Crippen LogP contribution in [0.25, 0.3) is 10.9 Å². The minimum atomic E-state index is -0.135. The number of nitrogens with zero attached hydrogens (tertiary/aromatic N) is 7. The van der Waals surface area contributed by atoms with Crippen LogP contribution < -0.4 is 24.4 Å². The van der Waals surface area contributed by atoms with Crippen molar-refractivity contribution in [2.75, 3.05) is 50.1 Å². The number of tetrazole rings is 1. The van der Waals surface area contributed by atoms with Gasteiger partial charge in [-0.1, -0.05) is 5.21 Å². The Morgan fingerprint density at radius 2 is 1.87 bits per heavy atom. The molecular weight excluding hydrogens is 502 g/mol. The molecule has 0 radical (unpaired) electrons. The van der Waals surface area contributed by atoms with Crippen LogP contribution in [0, 0.1) is 0 Å². The van der Waals surface area contributed by atoms with Crippen molar-refractivity contribution in [3.05, 3.63) is 48.5 Å². The van der Waals surface area contributed by atoms with Gasteiger partial charge in [-0.15, -0.1) is 10.2 Å². The number of methoxy groups -OCH3 is 1. The van der Waals surface area contributed by atoms with Crippen LogP contribution in [0.4, 0.5) is 16.3 Å². The first-order valence-corrected chi connectivity index (χ1v) is 12.8. The van der Waals surface area contributed by atoms with Crippen LogP contribution in [0.3, 0.4) is 0 Å². The number of rotatable bonds is 9. The molecule has 13 nitrogen and oxygen atoms in total. The molecule has 5 rings (SSSR count). The normalized spacial score (nSPS) is 13.5. The average Bonchev–Trinajstić information content (AvgIpc) is 3.47. The van der Waals surface area contributed by atoms with Crippen molar-refractivity contribution in [2.45, 2.75) is 26.4 Å². The maximum Gasteiger partial charge on any atom is 0.321 e. The van der Waals surface area contributed by atoms with E-state index in [1.165, 1.54) is 0 Å². The van der Waals surface area contributed by atoms with E-state index in [1.54, 1.807) is 18.3 Å². The number of amides is 2. The summed E-state index contributed by atoms with van der Waals surface area (Å²) in [7, 11) is 1.60. The molecule has 1 saturated heterocycles. The molecule has 0 spiro atoms. The summed E-state index contributed by atoms with van der Waals surface area (Å²) < 4.78 is 17.2. The van der Waals surface area contributed by atoms with E-state index in [1.807, 2.05) is 50.2 Å². The standard InChI is InChI=1S/C26H31N9O4/c1-17(2)39-19-6-4-18(5-7-19)29-26(36)35-11-9-34(10-12-35)25-20-14-22(37-3)23(15-21(20)27-16-28-25)38-13-8-24-30-32-33-31-24/h4-7,14-17H,8-13H2,1-3H3,(H,29,36)(H,30,31,32,33). The highest BCUT2D eigenvalue weighted by Crippen LogP contribution is 2.35. The Morgan fingerprint density at radius 1 is 1.08 bits per heavy atom. The minimum Gasteiger partial charge on any atom is -0.493 e. The predicted octanol–water partition coefficient (Wildman–Crippen LogP) is 2.91. The molecule has 0 unspecified atom stereocenters. The topological polar surface area (TPSA) is 144 Å². The van der Waals surface area contributed by atoms with E-state index in [4.69, 9.17) is 14.2 Å². The van der Waals surface area contributed by atoms with Crippen LogP contribution in [0.15, 0.2) is 42.7 Å². The van der Waals surface area contributed by atoms with Gasteiger partial charge in [-0.25, -0.2) is 14.8 Å². The first-order chi connectivity index (χ1) is 19.0. The number of carbonyl (C=O) groups excluding carboxylic acids is 1. The second-order valence-electron chi connectivity index (χ2n) is 9.24. The van der Waals surface area contributed by atoms with E-state index >= 15 is 0 Å². The van der Waals surface area contributed by atoms with Gasteiger partial charge in [-0.05, 0) is 44.2 Å². The van der Waals surface area contributed by atoms with Crippen molar-refractivity contribution in [2.24, 2.45) is 0 Å². The molecule has 2 N–H and O–H groups in total. The van der Waals surface area contributed by atoms with Crippen molar-refractivity contribution in [3.8, 4) is 17.2 Å². The van der Waals surface area contributed by atoms with Crippen molar-refractivity contribution in [1.29, 1.82) is 0 Å². The largest absolute Gasteiger partial charge is 0.493 e. The molecule has 2 aromatic carbocycles. The molecule has 0 bridgehead atoms. The number of benzene rings is 2. The highest BCUT2D eigenvalue weighted by Gasteiger charge is 2.24. The summed E-state index contributed by atoms with van der Waals surface area (Å²) in [5.74, 6) is 3.28. The van der Waals surface area contributed by atoms with Crippen LogP contribution in [-0.2, 0) is 6.42 Å². The third kappa shape index (κ3) is 6.25. The number of H-pyrrole nitrogens is 1. The number of fused-ring (bicyclic) bond motifs is 1. The van der Waals surface area contributed by atoms with Gasteiger partial charge in [-0.2, -0.15) is 5.21 Å². The number of hydrogen-bond acceptors (Lipinski definition) is 10. The Kier molecular flexibility index (Phi) is 7.85. The Hall–Kier alpha value is -4.68. The number of hydrogen-bond donors (Lipinski definition) is 2. The Bertz CT molecular complexity index is 1390. The first-order valence-electron chi connectivity index (χ1n) is 12.8. The minimum absolute atomic E-state index is 0.0962. The van der Waals surface area contributed by atoms with E-state index in [9.17, 15) is 4.79 Å². The lowest BCUT2D eigenvalue weighted by Gasteiger charge is -2.35. The fourth-order valence-electron chi connectivity index (χ4n) is 4.33. The van der Waals surface area contributed by atoms with Gasteiger partial charge in [0.05, 0.1) is 25.3 Å². The van der Waals surface area contributed by atoms with Crippen molar-refractivity contribution >= 4 is 28.4 Å². The highest BCUT2D eigenvalue weighted by molar-refractivity contribution is 5.92. The van der Waals surface area contributed by atoms with Crippen LogP contribution in [0.5, 0.6) is 17.2 Å². The molecular formula is C26H31N9O4. The molecule has 1 fully saturated rings. The van der Waals surface area contributed by atoms with E-state index in [2.05, 4.69) is 40.8 Å². The van der Waals surface area contributed by atoms with E-state index in [0.29, 0.717) is 56.5 Å². The summed E-state index contributed by atoms with van der Waals surface area (Å²) in [5.41, 5.74) is 1.46. The monoisotopic (exact) mass is 533 g/mol. The molecule has 13 heteroatoms. The molecule has 4 aromatic rings. The summed E-state index contributed by atoms with van der Waals surface area (Å²) >= 11 is 0. The molecule has 3 heterocycles. The van der Waals surface area contributed by atoms with Gasteiger partial charge in [0.2, 0.25) is 0 Å². The Morgan fingerprint density at radius 3 is 2.56 bits per heavy atom. The van der Waals surface area contributed by atoms with Crippen molar-refractivity contribution in [1.82, 2.24) is 35.5 Å². The number of anilines is 2. The lowest BCUT2D eigenvalue weighted by molar-refractivity contribution is 0.208. The molecule has 1 aliphatic heterocycles. The lowest BCUT2D eigenvalue weighted by Crippen LogP contribution is -2.50. The quantitative estimate of drug-likeness (QED) is 0.330. The van der Waals surface area contributed by atoms with Gasteiger partial charge in [-0.3, -0.25) is 0 Å². The van der Waals surface area contributed by atoms with Crippen molar-refractivity contribution < 1.29 is 19.0 Å². The third-order valence-electron chi connectivity index (χ3n) is 6.22. The summed E-state index contributed by atoms with van der Waals surface area (Å²) in [4.78, 5) is 25.8. The van der Waals surface area contributed by atoms with Crippen LogP contribution in [0.2, 0.25) is 0 Å². The van der Waals surface area contributed by atoms with Gasteiger partial charge in [0, 0.05) is 49.7 Å². The predicted molar refractivity (Wildman–Crippen MR) is 144 cm³/mol. The van der Waals surface area contributed by atoms with Crippen molar-refractivity contribution in [3.63, 3.8) is 0 Å². The summed E-state index contributed by atoms with van der Waals surface area (Å²) in [6, 6.07) is 11.0. The van der Waals surface area contributed by atoms with E-state index in [-0.39, 0.29) is 12.1 Å². The zero-order chi connectivity index (χ0) is 27.2. The lowest BCUT2D eigenvalue weighted by atomic mass is 10.2. The fraction of sp³-hybridized carbons (Fsp3) is 0.385. The number of ether oxygens (including phenoxy) is 3. The first kappa shape index (κ1) is 25.9. The number of nitrogens with one attached hydrogen (secondary N) is 2. The summed E-state index contributed by atoms with van der Waals surface area (Å²) in [5, 5.41) is 17.7. The maximum absolute atomic E-state index is 12.9. The second-order valence-corrected chi connectivity index (χ2v) is 9.24. The molecule has 2 amide bonds. The van der Waals surface area contributed by atoms with Crippen LogP contribution in [0.1, 0.15) is 19.7 Å². The SMILES string of the molecule is COc1cc2c(N3CCN(C(=O)Nc4ccc(OC(C)C)cc4)CC3)ncnc2cc1OCCc1nn[nH]n1. The number of carbonyl (C=O) groups is 1. The Labute approximate surface area is 225 Å². The molecule has 1 aliphatic rings. The fourth-order valence-corrected chi connectivity index (χ4v) is 4.33. The van der Waals surface area contributed by atoms with E-state index < -0.39 is 0 Å². The van der Waals surface area contributed by atoms with Gasteiger partial charge >= 0.3 is 6.03 Å². The zero-order valence-corrected chi connectivity index (χ0v) is 22.1. The van der Waals surface area contributed by atoms with Crippen LogP contribution in [-0.4, -0.2) is 87.5 Å². The number of urea groups is 1. The molecule has 0 atom stereocenters. The number of aromatic amines is 1. The second kappa shape index (κ2) is 11.8. The van der Waals surface area contributed by atoms with Gasteiger partial charge in [0.25, 0.3) is 0 Å². The molecule has 204 valence electrons. The molecule has 0 saturated carbocycles. The summed E-state index contributed by atoms with van der Waals surface area (Å²) in [6.07, 6.45) is 2.14. The smallest absolute Gasteiger partial charge is 0.321 e. The van der Waals surface area contributed by atoms with Gasteiger partial charge in [0.1, 0.15) is 17.9 Å². The number of aromatic nitrogens is 6. The zero-order valence-electron chi connectivity index (χ0n) is 22.1. The van der Waals surface area contributed by atoms with Gasteiger partial charge in [0.15, 0.2) is 17.3 Å².